The lowest BCUT2D eigenvalue weighted by atomic mass is 9.99. The zero-order chi connectivity index (χ0) is 21.0. The summed E-state index contributed by atoms with van der Waals surface area (Å²) in [7, 11) is 1.34. The lowest BCUT2D eigenvalue weighted by Crippen LogP contribution is -2.60. The van der Waals surface area contributed by atoms with E-state index in [1.807, 2.05) is 36.4 Å². The van der Waals surface area contributed by atoms with Gasteiger partial charge in [-0.2, -0.15) is 0 Å². The van der Waals surface area contributed by atoms with Crippen LogP contribution in [0.25, 0.3) is 12.2 Å². The third-order valence-electron chi connectivity index (χ3n) is 4.62. The molecule has 1 heterocycles. The predicted octanol–water partition coefficient (Wildman–Crippen LogP) is 0.750. The van der Waals surface area contributed by atoms with E-state index in [0.29, 0.717) is 5.56 Å². The van der Waals surface area contributed by atoms with E-state index in [2.05, 4.69) is 0 Å². The Labute approximate surface area is 167 Å². The molecule has 5 N–H and O–H groups in total. The highest BCUT2D eigenvalue weighted by atomic mass is 16.7. The molecule has 5 atom stereocenters. The molecule has 3 rings (SSSR count). The van der Waals surface area contributed by atoms with Gasteiger partial charge in [-0.05, 0) is 23.3 Å². The highest BCUT2D eigenvalue weighted by molar-refractivity contribution is 5.72. The van der Waals surface area contributed by atoms with Gasteiger partial charge < -0.3 is 39.7 Å². The van der Waals surface area contributed by atoms with E-state index in [4.69, 9.17) is 14.2 Å². The maximum absolute atomic E-state index is 10.3. The summed E-state index contributed by atoms with van der Waals surface area (Å²) >= 11 is 0. The van der Waals surface area contributed by atoms with Crippen LogP contribution in [0.4, 0.5) is 0 Å². The Bertz CT molecular complexity index is 836. The molecule has 1 fully saturated rings. The first-order valence-corrected chi connectivity index (χ1v) is 9.06. The van der Waals surface area contributed by atoms with Crippen LogP contribution in [0.3, 0.4) is 0 Å². The molecule has 156 valence electrons. The normalized spacial score (nSPS) is 27.1. The fraction of sp³-hybridized carbons (Fsp3) is 0.333. The van der Waals surface area contributed by atoms with Gasteiger partial charge in [0, 0.05) is 0 Å². The molecule has 0 radical (unpaired) electrons. The van der Waals surface area contributed by atoms with Gasteiger partial charge in [-0.3, -0.25) is 0 Å². The lowest BCUT2D eigenvalue weighted by molar-refractivity contribution is -0.277. The van der Waals surface area contributed by atoms with Crippen molar-refractivity contribution in [3.63, 3.8) is 0 Å². The minimum absolute atomic E-state index is 0.0128. The summed E-state index contributed by atoms with van der Waals surface area (Å²) < 4.78 is 16.2. The molecule has 1 aliphatic rings. The molecule has 2 aromatic carbocycles. The van der Waals surface area contributed by atoms with Gasteiger partial charge in [0.05, 0.1) is 13.7 Å². The molecule has 1 saturated heterocycles. The summed E-state index contributed by atoms with van der Waals surface area (Å²) in [6.07, 6.45) is -3.56. The molecule has 29 heavy (non-hydrogen) atoms. The molecule has 0 unspecified atom stereocenters. The Morgan fingerprint density at radius 3 is 2.31 bits per heavy atom. The Morgan fingerprint density at radius 1 is 0.966 bits per heavy atom. The van der Waals surface area contributed by atoms with Crippen molar-refractivity contribution in [3.8, 4) is 17.2 Å². The monoisotopic (exact) mass is 404 g/mol. The molecule has 0 aliphatic carbocycles. The van der Waals surface area contributed by atoms with Gasteiger partial charge in [-0.1, -0.05) is 42.5 Å². The van der Waals surface area contributed by atoms with Crippen LogP contribution in [-0.2, 0) is 4.74 Å². The molecular weight excluding hydrogens is 380 g/mol. The van der Waals surface area contributed by atoms with Crippen molar-refractivity contribution in [1.29, 1.82) is 0 Å². The van der Waals surface area contributed by atoms with Crippen LogP contribution in [0, 0.1) is 0 Å². The number of phenolic OH excluding ortho intramolecular Hbond substituents is 1. The number of benzene rings is 2. The average Bonchev–Trinajstić information content (AvgIpc) is 2.73. The van der Waals surface area contributed by atoms with Crippen molar-refractivity contribution < 1.29 is 39.7 Å². The molecule has 8 heteroatoms. The molecular formula is C21H24O8. The van der Waals surface area contributed by atoms with Crippen molar-refractivity contribution in [2.45, 2.75) is 30.7 Å². The van der Waals surface area contributed by atoms with Crippen molar-refractivity contribution >= 4 is 12.2 Å². The van der Waals surface area contributed by atoms with E-state index in [1.165, 1.54) is 13.2 Å². The number of hydrogen-bond donors (Lipinski definition) is 5. The summed E-state index contributed by atoms with van der Waals surface area (Å²) in [6, 6.07) is 12.6. The van der Waals surface area contributed by atoms with E-state index < -0.39 is 37.3 Å². The summed E-state index contributed by atoms with van der Waals surface area (Å²) in [5.41, 5.74) is 1.55. The zero-order valence-corrected chi connectivity index (χ0v) is 15.8. The number of phenols is 1. The molecule has 0 spiro atoms. The van der Waals surface area contributed by atoms with Crippen LogP contribution in [-0.4, -0.2) is 70.0 Å². The Hall–Kier alpha value is -2.62. The average molecular weight is 404 g/mol. The summed E-state index contributed by atoms with van der Waals surface area (Å²) in [5, 5.41) is 49.6. The summed E-state index contributed by atoms with van der Waals surface area (Å²) in [6.45, 7) is -0.576. The number of hydrogen-bond acceptors (Lipinski definition) is 8. The van der Waals surface area contributed by atoms with Crippen LogP contribution in [0.1, 0.15) is 11.1 Å². The van der Waals surface area contributed by atoms with Crippen molar-refractivity contribution in [2.24, 2.45) is 0 Å². The van der Waals surface area contributed by atoms with Crippen LogP contribution in [0.15, 0.2) is 42.5 Å². The summed E-state index contributed by atoms with van der Waals surface area (Å²) in [5.74, 6) is -0.120. The quantitative estimate of drug-likeness (QED) is 0.446. The van der Waals surface area contributed by atoms with Crippen molar-refractivity contribution in [3.05, 3.63) is 53.6 Å². The number of rotatable bonds is 6. The third-order valence-corrected chi connectivity index (χ3v) is 4.62. The predicted molar refractivity (Wildman–Crippen MR) is 104 cm³/mol. The first-order valence-electron chi connectivity index (χ1n) is 9.06. The van der Waals surface area contributed by atoms with Gasteiger partial charge in [-0.25, -0.2) is 0 Å². The molecule has 0 aromatic heterocycles. The minimum atomic E-state index is -1.58. The van der Waals surface area contributed by atoms with Crippen molar-refractivity contribution in [1.82, 2.24) is 0 Å². The highest BCUT2D eigenvalue weighted by Crippen LogP contribution is 2.39. The zero-order valence-electron chi connectivity index (χ0n) is 15.8. The SMILES string of the molecule is COc1c(O)cc(C=Cc2ccccc2)cc1O[C@@H]1O[C@H](CO)[C@@H](O)[C@H](O)[C@H]1O. The number of methoxy groups -OCH3 is 1. The van der Waals surface area contributed by atoms with Gasteiger partial charge in [0.15, 0.2) is 11.5 Å². The number of ether oxygens (including phenoxy) is 3. The number of aromatic hydroxyl groups is 1. The van der Waals surface area contributed by atoms with E-state index in [1.54, 1.807) is 12.1 Å². The third kappa shape index (κ3) is 4.69. The molecule has 0 amide bonds. The largest absolute Gasteiger partial charge is 0.504 e. The smallest absolute Gasteiger partial charge is 0.229 e. The van der Waals surface area contributed by atoms with E-state index in [0.717, 1.165) is 5.56 Å². The first kappa shape index (κ1) is 21.1. The van der Waals surface area contributed by atoms with E-state index >= 15 is 0 Å². The number of aliphatic hydroxyl groups excluding tert-OH is 4. The standard InChI is InChI=1S/C21H24O8/c1-27-20-14(23)9-13(8-7-12-5-3-2-4-6-12)10-15(20)28-21-19(26)18(25)17(24)16(11-22)29-21/h2-10,16-19,21-26H,11H2,1H3/t16-,17-,18+,19-,21-/m1/s1. The lowest BCUT2D eigenvalue weighted by Gasteiger charge is -2.39. The van der Waals surface area contributed by atoms with Gasteiger partial charge in [0.1, 0.15) is 24.4 Å². The fourth-order valence-electron chi connectivity index (χ4n) is 3.04. The second kappa shape index (κ2) is 9.25. The fourth-order valence-corrected chi connectivity index (χ4v) is 3.04. The summed E-state index contributed by atoms with van der Waals surface area (Å²) in [4.78, 5) is 0. The van der Waals surface area contributed by atoms with Crippen LogP contribution < -0.4 is 9.47 Å². The molecule has 0 saturated carbocycles. The second-order valence-electron chi connectivity index (χ2n) is 6.63. The van der Waals surface area contributed by atoms with E-state index in [9.17, 15) is 25.5 Å². The molecule has 8 nitrogen and oxygen atoms in total. The van der Waals surface area contributed by atoms with Crippen LogP contribution in [0.5, 0.6) is 17.2 Å². The Kier molecular flexibility index (Phi) is 6.73. The Morgan fingerprint density at radius 2 is 1.66 bits per heavy atom. The topological polar surface area (TPSA) is 129 Å². The van der Waals surface area contributed by atoms with Gasteiger partial charge >= 0.3 is 0 Å². The molecule has 2 aromatic rings. The second-order valence-corrected chi connectivity index (χ2v) is 6.63. The molecule has 0 bridgehead atoms. The maximum atomic E-state index is 10.3. The van der Waals surface area contributed by atoms with Gasteiger partial charge in [-0.15, -0.1) is 0 Å². The molecule has 1 aliphatic heterocycles. The Balaban J connectivity index is 1.87. The number of aliphatic hydroxyl groups is 4. The van der Waals surface area contributed by atoms with Crippen LogP contribution in [0.2, 0.25) is 0 Å². The van der Waals surface area contributed by atoms with E-state index in [-0.39, 0.29) is 17.2 Å². The van der Waals surface area contributed by atoms with Crippen LogP contribution >= 0.6 is 0 Å². The highest BCUT2D eigenvalue weighted by Gasteiger charge is 2.45. The first-order chi connectivity index (χ1) is 13.9. The minimum Gasteiger partial charge on any atom is -0.504 e. The maximum Gasteiger partial charge on any atom is 0.229 e. The van der Waals surface area contributed by atoms with Crippen molar-refractivity contribution in [2.75, 3.05) is 13.7 Å². The van der Waals surface area contributed by atoms with Gasteiger partial charge in [0.2, 0.25) is 12.0 Å². The van der Waals surface area contributed by atoms with Gasteiger partial charge in [0.25, 0.3) is 0 Å².